The summed E-state index contributed by atoms with van der Waals surface area (Å²) in [5.74, 6) is 0. The van der Waals surface area contributed by atoms with Crippen LogP contribution in [0.25, 0.3) is 0 Å². The van der Waals surface area contributed by atoms with E-state index in [1.807, 2.05) is 0 Å². The van der Waals surface area contributed by atoms with Gasteiger partial charge in [-0.2, -0.15) is 11.3 Å². The fraction of sp³-hybridized carbons (Fsp3) is 0.444. The molecule has 0 saturated heterocycles. The molecule has 2 rings (SSSR count). The Morgan fingerprint density at radius 3 is 2.30 bits per heavy atom. The molecule has 2 aromatic rings. The van der Waals surface area contributed by atoms with Gasteiger partial charge in [0.2, 0.25) is 0 Å². The minimum Gasteiger partial charge on any atom is -0.313 e. The van der Waals surface area contributed by atoms with Crippen molar-refractivity contribution < 1.29 is 0 Å². The maximum atomic E-state index is 3.44. The number of rotatable bonds is 5. The average Bonchev–Trinajstić information content (AvgIpc) is 2.92. The Morgan fingerprint density at radius 1 is 1.10 bits per heavy atom. The van der Waals surface area contributed by atoms with Crippen molar-refractivity contribution in [3.63, 3.8) is 0 Å². The average molecular weight is 287 g/mol. The first-order valence-corrected chi connectivity index (χ1v) is 8.24. The van der Waals surface area contributed by atoms with Crippen LogP contribution in [0.15, 0.2) is 41.1 Å². The molecule has 1 heterocycles. The van der Waals surface area contributed by atoms with Gasteiger partial charge < -0.3 is 5.32 Å². The summed E-state index contributed by atoms with van der Waals surface area (Å²) in [6.45, 7) is 6.77. The van der Waals surface area contributed by atoms with Crippen LogP contribution in [0.2, 0.25) is 0 Å². The predicted molar refractivity (Wildman–Crippen MR) is 89.6 cm³/mol. The minimum atomic E-state index is 0.227. The van der Waals surface area contributed by atoms with E-state index in [4.69, 9.17) is 0 Å². The van der Waals surface area contributed by atoms with E-state index in [1.165, 1.54) is 16.7 Å². The van der Waals surface area contributed by atoms with Crippen molar-refractivity contribution in [3.8, 4) is 0 Å². The fourth-order valence-electron chi connectivity index (χ4n) is 2.44. The second-order valence-corrected chi connectivity index (χ2v) is 7.16. The molecule has 1 atom stereocenters. The summed E-state index contributed by atoms with van der Waals surface area (Å²) in [4.78, 5) is 0. The van der Waals surface area contributed by atoms with E-state index in [2.05, 4.69) is 74.2 Å². The SMILES string of the molecule is CNC(CCc1ccsc1)c1ccc(C(C)(C)C)cc1. The number of aryl methyl sites for hydroxylation is 1. The maximum absolute atomic E-state index is 3.44. The highest BCUT2D eigenvalue weighted by Crippen LogP contribution is 2.25. The van der Waals surface area contributed by atoms with Gasteiger partial charge in [-0.15, -0.1) is 0 Å². The van der Waals surface area contributed by atoms with Gasteiger partial charge in [0, 0.05) is 6.04 Å². The second-order valence-electron chi connectivity index (χ2n) is 6.38. The monoisotopic (exact) mass is 287 g/mol. The lowest BCUT2D eigenvalue weighted by Gasteiger charge is -2.21. The summed E-state index contributed by atoms with van der Waals surface area (Å²) in [7, 11) is 2.05. The molecule has 20 heavy (non-hydrogen) atoms. The van der Waals surface area contributed by atoms with Crippen molar-refractivity contribution in [2.75, 3.05) is 7.05 Å². The highest BCUT2D eigenvalue weighted by Gasteiger charge is 2.15. The van der Waals surface area contributed by atoms with Gasteiger partial charge in [0.25, 0.3) is 0 Å². The Labute approximate surface area is 127 Å². The summed E-state index contributed by atoms with van der Waals surface area (Å²) in [6, 6.07) is 11.7. The van der Waals surface area contributed by atoms with Gasteiger partial charge in [0.15, 0.2) is 0 Å². The van der Waals surface area contributed by atoms with Crippen LogP contribution in [-0.2, 0) is 11.8 Å². The van der Waals surface area contributed by atoms with Crippen LogP contribution < -0.4 is 5.32 Å². The van der Waals surface area contributed by atoms with Crippen molar-refractivity contribution in [2.45, 2.75) is 45.1 Å². The number of nitrogens with one attached hydrogen (secondary N) is 1. The van der Waals surface area contributed by atoms with E-state index in [-0.39, 0.29) is 5.41 Å². The first-order valence-electron chi connectivity index (χ1n) is 7.29. The largest absolute Gasteiger partial charge is 0.313 e. The number of hydrogen-bond acceptors (Lipinski definition) is 2. The van der Waals surface area contributed by atoms with Crippen LogP contribution in [0.4, 0.5) is 0 Å². The molecule has 1 N–H and O–H groups in total. The van der Waals surface area contributed by atoms with Crippen molar-refractivity contribution in [2.24, 2.45) is 0 Å². The topological polar surface area (TPSA) is 12.0 Å². The molecule has 2 heteroatoms. The molecule has 1 unspecified atom stereocenters. The zero-order chi connectivity index (χ0) is 14.6. The minimum absolute atomic E-state index is 0.227. The Morgan fingerprint density at radius 2 is 1.80 bits per heavy atom. The van der Waals surface area contributed by atoms with Gasteiger partial charge in [-0.05, 0) is 58.8 Å². The van der Waals surface area contributed by atoms with E-state index in [0.717, 1.165) is 12.8 Å². The standard InChI is InChI=1S/C18H25NS/c1-18(2,3)16-8-6-15(7-9-16)17(19-4)10-5-14-11-12-20-13-14/h6-9,11-13,17,19H,5,10H2,1-4H3. The first kappa shape index (κ1) is 15.3. The Kier molecular flexibility index (Phi) is 5.00. The number of benzene rings is 1. The van der Waals surface area contributed by atoms with E-state index in [0.29, 0.717) is 6.04 Å². The lowest BCUT2D eigenvalue weighted by Crippen LogP contribution is -2.18. The smallest absolute Gasteiger partial charge is 0.0320 e. The zero-order valence-corrected chi connectivity index (χ0v) is 13.8. The van der Waals surface area contributed by atoms with Gasteiger partial charge in [0.05, 0.1) is 0 Å². The molecule has 108 valence electrons. The van der Waals surface area contributed by atoms with Crippen molar-refractivity contribution in [3.05, 3.63) is 57.8 Å². The summed E-state index contributed by atoms with van der Waals surface area (Å²) in [5.41, 5.74) is 4.45. The maximum Gasteiger partial charge on any atom is 0.0320 e. The lowest BCUT2D eigenvalue weighted by atomic mass is 9.86. The second kappa shape index (κ2) is 6.55. The highest BCUT2D eigenvalue weighted by molar-refractivity contribution is 7.07. The van der Waals surface area contributed by atoms with E-state index >= 15 is 0 Å². The third-order valence-corrected chi connectivity index (χ3v) is 4.56. The van der Waals surface area contributed by atoms with Gasteiger partial charge in [0.1, 0.15) is 0 Å². The molecular formula is C18H25NS. The van der Waals surface area contributed by atoms with E-state index < -0.39 is 0 Å². The van der Waals surface area contributed by atoms with Crippen LogP contribution in [0, 0.1) is 0 Å². The number of thiophene rings is 1. The Balaban J connectivity index is 2.04. The van der Waals surface area contributed by atoms with Crippen LogP contribution in [0.3, 0.4) is 0 Å². The van der Waals surface area contributed by atoms with E-state index in [9.17, 15) is 0 Å². The fourth-order valence-corrected chi connectivity index (χ4v) is 3.14. The molecule has 0 spiro atoms. The lowest BCUT2D eigenvalue weighted by molar-refractivity contribution is 0.547. The van der Waals surface area contributed by atoms with Crippen molar-refractivity contribution >= 4 is 11.3 Å². The van der Waals surface area contributed by atoms with Gasteiger partial charge >= 0.3 is 0 Å². The Hall–Kier alpha value is -1.12. The van der Waals surface area contributed by atoms with Crippen molar-refractivity contribution in [1.29, 1.82) is 0 Å². The molecule has 1 aromatic heterocycles. The third kappa shape index (κ3) is 3.94. The molecule has 0 radical (unpaired) electrons. The molecule has 0 fully saturated rings. The van der Waals surface area contributed by atoms with Crippen LogP contribution in [0.5, 0.6) is 0 Å². The van der Waals surface area contributed by atoms with Crippen molar-refractivity contribution in [1.82, 2.24) is 5.32 Å². The molecule has 0 saturated carbocycles. The number of hydrogen-bond donors (Lipinski definition) is 1. The normalized spacial score (nSPS) is 13.4. The van der Waals surface area contributed by atoms with E-state index in [1.54, 1.807) is 11.3 Å². The quantitative estimate of drug-likeness (QED) is 0.821. The summed E-state index contributed by atoms with van der Waals surface area (Å²) >= 11 is 1.78. The highest BCUT2D eigenvalue weighted by atomic mass is 32.1. The summed E-state index contributed by atoms with van der Waals surface area (Å²) < 4.78 is 0. The van der Waals surface area contributed by atoms with Crippen LogP contribution in [0.1, 0.15) is 49.9 Å². The van der Waals surface area contributed by atoms with Gasteiger partial charge in [-0.3, -0.25) is 0 Å². The molecule has 0 amide bonds. The summed E-state index contributed by atoms with van der Waals surface area (Å²) in [5, 5.41) is 7.84. The molecule has 0 bridgehead atoms. The first-order chi connectivity index (χ1) is 9.50. The molecule has 0 aliphatic rings. The predicted octanol–water partition coefficient (Wildman–Crippen LogP) is 4.94. The summed E-state index contributed by atoms with van der Waals surface area (Å²) in [6.07, 6.45) is 2.28. The van der Waals surface area contributed by atoms with Crippen LogP contribution in [-0.4, -0.2) is 7.05 Å². The molecular weight excluding hydrogens is 262 g/mol. The van der Waals surface area contributed by atoms with Crippen LogP contribution >= 0.6 is 11.3 Å². The molecule has 1 nitrogen and oxygen atoms in total. The molecule has 0 aliphatic carbocycles. The van der Waals surface area contributed by atoms with Gasteiger partial charge in [-0.25, -0.2) is 0 Å². The Bertz CT molecular complexity index is 505. The van der Waals surface area contributed by atoms with Gasteiger partial charge in [-0.1, -0.05) is 45.0 Å². The third-order valence-electron chi connectivity index (χ3n) is 3.83. The molecule has 1 aromatic carbocycles. The zero-order valence-electron chi connectivity index (χ0n) is 12.9. The molecule has 0 aliphatic heterocycles.